The first-order valence-corrected chi connectivity index (χ1v) is 4.89. The fourth-order valence-electron chi connectivity index (χ4n) is 0.833. The van der Waals surface area contributed by atoms with Crippen LogP contribution in [0.15, 0.2) is 21.3 Å². The summed E-state index contributed by atoms with van der Waals surface area (Å²) in [5.41, 5.74) is -0.506. The monoisotopic (exact) mass is 220 g/mol. The average Bonchev–Trinajstić information content (AvgIpc) is 2.16. The standard InChI is InChI=1S/C12H9ClO2/c1-2-3-4-5-6-7-11-8-10(13)9-12(14)15-11/h8-9H,2-3H2,1H3. The highest BCUT2D eigenvalue weighted by Crippen LogP contribution is 2.05. The largest absolute Gasteiger partial charge is 0.414 e. The number of unbranched alkanes of at least 4 members (excludes halogenated alkanes) is 1. The van der Waals surface area contributed by atoms with Crippen LogP contribution in [0.1, 0.15) is 25.5 Å². The van der Waals surface area contributed by atoms with Crippen molar-refractivity contribution in [2.75, 3.05) is 0 Å². The molecule has 15 heavy (non-hydrogen) atoms. The third kappa shape index (κ3) is 4.40. The van der Waals surface area contributed by atoms with Gasteiger partial charge in [0, 0.05) is 18.6 Å². The summed E-state index contributed by atoms with van der Waals surface area (Å²) in [7, 11) is 0. The topological polar surface area (TPSA) is 30.2 Å². The van der Waals surface area contributed by atoms with Gasteiger partial charge in [-0.2, -0.15) is 0 Å². The van der Waals surface area contributed by atoms with Gasteiger partial charge in [-0.15, -0.1) is 0 Å². The van der Waals surface area contributed by atoms with Gasteiger partial charge in [0.2, 0.25) is 0 Å². The third-order valence-electron chi connectivity index (χ3n) is 1.45. The van der Waals surface area contributed by atoms with Gasteiger partial charge in [-0.25, -0.2) is 4.79 Å². The summed E-state index contributed by atoms with van der Waals surface area (Å²) in [4.78, 5) is 10.9. The molecule has 0 amide bonds. The van der Waals surface area contributed by atoms with Crippen LogP contribution in [0.5, 0.6) is 0 Å². The molecular weight excluding hydrogens is 212 g/mol. The van der Waals surface area contributed by atoms with E-state index in [2.05, 4.69) is 23.7 Å². The highest BCUT2D eigenvalue weighted by atomic mass is 35.5. The second-order valence-corrected chi connectivity index (χ2v) is 3.20. The Hall–Kier alpha value is -1.64. The van der Waals surface area contributed by atoms with Gasteiger partial charge in [-0.05, 0) is 24.2 Å². The van der Waals surface area contributed by atoms with E-state index in [9.17, 15) is 4.79 Å². The molecule has 0 unspecified atom stereocenters. The van der Waals surface area contributed by atoms with Crippen LogP contribution in [-0.2, 0) is 0 Å². The molecule has 0 radical (unpaired) electrons. The zero-order valence-electron chi connectivity index (χ0n) is 8.26. The summed E-state index contributed by atoms with van der Waals surface area (Å²) >= 11 is 5.65. The van der Waals surface area contributed by atoms with Crippen molar-refractivity contribution in [2.24, 2.45) is 0 Å². The SMILES string of the molecule is CCCC#CC#Cc1cc(Cl)cc(=O)o1. The van der Waals surface area contributed by atoms with Gasteiger partial charge in [-0.1, -0.05) is 24.4 Å². The number of halogens is 1. The van der Waals surface area contributed by atoms with E-state index >= 15 is 0 Å². The number of hydrogen-bond donors (Lipinski definition) is 0. The Bertz CT molecular complexity index is 506. The first kappa shape index (κ1) is 11.4. The second kappa shape index (κ2) is 5.96. The lowest BCUT2D eigenvalue weighted by molar-refractivity contribution is 0.499. The van der Waals surface area contributed by atoms with Crippen LogP contribution in [0.3, 0.4) is 0 Å². The van der Waals surface area contributed by atoms with Crippen LogP contribution in [-0.4, -0.2) is 0 Å². The maximum absolute atomic E-state index is 10.9. The predicted molar refractivity (Wildman–Crippen MR) is 59.6 cm³/mol. The van der Waals surface area contributed by atoms with Crippen molar-refractivity contribution < 1.29 is 4.42 Å². The van der Waals surface area contributed by atoms with Crippen LogP contribution in [0.2, 0.25) is 5.02 Å². The lowest BCUT2D eigenvalue weighted by atomic mass is 10.3. The Morgan fingerprint density at radius 1 is 1.40 bits per heavy atom. The van der Waals surface area contributed by atoms with E-state index in [1.165, 1.54) is 12.1 Å². The molecule has 0 aliphatic rings. The van der Waals surface area contributed by atoms with Gasteiger partial charge in [0.1, 0.15) is 0 Å². The smallest absolute Gasteiger partial charge is 0.338 e. The fraction of sp³-hybridized carbons (Fsp3) is 0.250. The molecule has 0 spiro atoms. The molecule has 1 aromatic heterocycles. The molecule has 3 heteroatoms. The summed E-state index contributed by atoms with van der Waals surface area (Å²) in [5, 5.41) is 0.317. The molecule has 76 valence electrons. The normalized spacial score (nSPS) is 8.40. The first-order valence-electron chi connectivity index (χ1n) is 4.52. The number of rotatable bonds is 1. The van der Waals surface area contributed by atoms with E-state index in [1.807, 2.05) is 6.92 Å². The highest BCUT2D eigenvalue weighted by molar-refractivity contribution is 6.30. The second-order valence-electron chi connectivity index (χ2n) is 2.76. The van der Waals surface area contributed by atoms with Crippen LogP contribution in [0, 0.1) is 23.7 Å². The molecule has 0 aromatic carbocycles. The number of hydrogen-bond acceptors (Lipinski definition) is 2. The Balaban J connectivity index is 2.82. The van der Waals surface area contributed by atoms with Crippen LogP contribution < -0.4 is 5.63 Å². The molecule has 0 saturated heterocycles. The molecule has 0 aliphatic carbocycles. The molecular formula is C12H9ClO2. The fourth-order valence-corrected chi connectivity index (χ4v) is 1.02. The lowest BCUT2D eigenvalue weighted by Gasteiger charge is -1.88. The van der Waals surface area contributed by atoms with Crippen molar-refractivity contribution in [3.05, 3.63) is 33.3 Å². The minimum atomic E-state index is -0.506. The van der Waals surface area contributed by atoms with Gasteiger partial charge in [-0.3, -0.25) is 0 Å². The van der Waals surface area contributed by atoms with Crippen molar-refractivity contribution in [1.82, 2.24) is 0 Å². The summed E-state index contributed by atoms with van der Waals surface area (Å²) in [6.45, 7) is 2.04. The minimum absolute atomic E-state index is 0.235. The van der Waals surface area contributed by atoms with Crippen molar-refractivity contribution in [1.29, 1.82) is 0 Å². The van der Waals surface area contributed by atoms with Crippen molar-refractivity contribution in [2.45, 2.75) is 19.8 Å². The van der Waals surface area contributed by atoms with Crippen molar-refractivity contribution in [3.8, 4) is 23.7 Å². The Morgan fingerprint density at radius 2 is 2.20 bits per heavy atom. The Morgan fingerprint density at radius 3 is 2.87 bits per heavy atom. The Labute approximate surface area is 93.3 Å². The molecule has 0 atom stereocenters. The summed E-state index contributed by atoms with van der Waals surface area (Å²) in [6, 6.07) is 2.67. The maximum atomic E-state index is 10.9. The van der Waals surface area contributed by atoms with E-state index in [1.54, 1.807) is 0 Å². The van der Waals surface area contributed by atoms with E-state index < -0.39 is 5.63 Å². The van der Waals surface area contributed by atoms with Crippen LogP contribution in [0.25, 0.3) is 0 Å². The molecule has 0 fully saturated rings. The van der Waals surface area contributed by atoms with Gasteiger partial charge >= 0.3 is 5.63 Å². The Kier molecular flexibility index (Phi) is 4.54. The molecule has 0 N–H and O–H groups in total. The van der Waals surface area contributed by atoms with Gasteiger partial charge in [0.05, 0.1) is 5.02 Å². The maximum Gasteiger partial charge on any atom is 0.338 e. The van der Waals surface area contributed by atoms with Gasteiger partial charge in [0.15, 0.2) is 5.76 Å². The summed E-state index contributed by atoms with van der Waals surface area (Å²) in [5.74, 6) is 10.9. The molecule has 1 aromatic rings. The highest BCUT2D eigenvalue weighted by Gasteiger charge is 1.95. The lowest BCUT2D eigenvalue weighted by Crippen LogP contribution is -1.96. The summed E-state index contributed by atoms with van der Waals surface area (Å²) in [6.07, 6.45) is 1.81. The quantitative estimate of drug-likeness (QED) is 0.681. The molecule has 2 nitrogen and oxygen atoms in total. The molecule has 1 heterocycles. The van der Waals surface area contributed by atoms with Crippen LogP contribution in [0.4, 0.5) is 0 Å². The zero-order chi connectivity index (χ0) is 11.1. The zero-order valence-corrected chi connectivity index (χ0v) is 9.02. The van der Waals surface area contributed by atoms with E-state index in [-0.39, 0.29) is 5.76 Å². The molecule has 1 rings (SSSR count). The molecule has 0 bridgehead atoms. The van der Waals surface area contributed by atoms with Crippen LogP contribution >= 0.6 is 11.6 Å². The van der Waals surface area contributed by atoms with Crippen molar-refractivity contribution in [3.63, 3.8) is 0 Å². The molecule has 0 aliphatic heterocycles. The first-order chi connectivity index (χ1) is 7.22. The van der Waals surface area contributed by atoms with E-state index in [0.29, 0.717) is 5.02 Å². The molecule has 0 saturated carbocycles. The van der Waals surface area contributed by atoms with E-state index in [0.717, 1.165) is 12.8 Å². The van der Waals surface area contributed by atoms with Gasteiger partial charge < -0.3 is 4.42 Å². The predicted octanol–water partition coefficient (Wildman–Crippen LogP) is 2.45. The van der Waals surface area contributed by atoms with Crippen molar-refractivity contribution >= 4 is 11.6 Å². The summed E-state index contributed by atoms with van der Waals surface area (Å²) < 4.78 is 4.78. The minimum Gasteiger partial charge on any atom is -0.414 e. The third-order valence-corrected chi connectivity index (χ3v) is 1.67. The van der Waals surface area contributed by atoms with E-state index in [4.69, 9.17) is 16.0 Å². The average molecular weight is 221 g/mol. The van der Waals surface area contributed by atoms with Gasteiger partial charge in [0.25, 0.3) is 0 Å².